The number of hydrogen-bond acceptors (Lipinski definition) is 9. The molecule has 5 aliphatic rings. The molecule has 2 bridgehead atoms. The summed E-state index contributed by atoms with van der Waals surface area (Å²) in [6.07, 6.45) is 6.81. The first kappa shape index (κ1) is 36.9. The lowest BCUT2D eigenvalue weighted by molar-refractivity contribution is -0.113. The third-order valence-electron chi connectivity index (χ3n) is 12.7. The van der Waals surface area contributed by atoms with Crippen LogP contribution in [0.25, 0.3) is 0 Å². The van der Waals surface area contributed by atoms with E-state index in [1.807, 2.05) is 25.1 Å². The van der Waals surface area contributed by atoms with Gasteiger partial charge in [-0.2, -0.15) is 0 Å². The fourth-order valence-corrected chi connectivity index (χ4v) is 10.8. The Bertz CT molecular complexity index is 1680. The van der Waals surface area contributed by atoms with E-state index in [-0.39, 0.29) is 23.3 Å². The van der Waals surface area contributed by atoms with Gasteiger partial charge in [-0.25, -0.2) is 13.1 Å². The van der Waals surface area contributed by atoms with Crippen LogP contribution in [-0.2, 0) is 23.1 Å². The van der Waals surface area contributed by atoms with E-state index in [0.29, 0.717) is 42.8 Å². The number of fused-ring (bicyclic) bond motifs is 4. The largest absolute Gasteiger partial charge is 0.487 e. The number of nitrogens with one attached hydrogen (secondary N) is 2. The fourth-order valence-electron chi connectivity index (χ4n) is 9.26. The molecule has 0 spiro atoms. The van der Waals surface area contributed by atoms with E-state index in [9.17, 15) is 18.3 Å². The van der Waals surface area contributed by atoms with Gasteiger partial charge in [0.1, 0.15) is 12.4 Å². The predicted molar refractivity (Wildman–Crippen MR) is 202 cm³/mol. The van der Waals surface area contributed by atoms with Gasteiger partial charge in [0.05, 0.1) is 16.5 Å². The Hall–Kier alpha value is -2.41. The maximum absolute atomic E-state index is 13.6. The van der Waals surface area contributed by atoms with Gasteiger partial charge in [0.15, 0.2) is 0 Å². The summed E-state index contributed by atoms with van der Waals surface area (Å²) in [6, 6.07) is 11.7. The van der Waals surface area contributed by atoms with Crippen molar-refractivity contribution in [1.29, 1.82) is 0 Å². The normalized spacial score (nSPS) is 32.5. The number of ether oxygens (including phenoxy) is 1. The highest BCUT2D eigenvalue weighted by Gasteiger charge is 2.48. The van der Waals surface area contributed by atoms with Crippen molar-refractivity contribution < 1.29 is 23.1 Å². The molecular formula is C39H56ClN5O5S. The summed E-state index contributed by atoms with van der Waals surface area (Å²) < 4.78 is 36.0. The minimum absolute atomic E-state index is 0.129. The van der Waals surface area contributed by atoms with Gasteiger partial charge < -0.3 is 20.1 Å². The number of aryl methyl sites for hydroxylation is 1. The molecule has 3 fully saturated rings. The summed E-state index contributed by atoms with van der Waals surface area (Å²) in [4.78, 5) is 21.0. The van der Waals surface area contributed by atoms with Crippen LogP contribution in [0.3, 0.4) is 0 Å². The molecule has 6 atom stereocenters. The highest BCUT2D eigenvalue weighted by Crippen LogP contribution is 2.46. The number of amides is 1. The van der Waals surface area contributed by atoms with Gasteiger partial charge in [-0.05, 0) is 111 Å². The molecule has 0 radical (unpaired) electrons. The first-order valence-corrected chi connectivity index (χ1v) is 21.2. The highest BCUT2D eigenvalue weighted by molar-refractivity contribution is 7.90. The smallest absolute Gasteiger partial charge is 0.264 e. The zero-order valence-corrected chi connectivity index (χ0v) is 31.9. The molecule has 51 heavy (non-hydrogen) atoms. The standard InChI is InChI=1S/C39H56ClN5O5S/c1-27-6-5-14-39(47,26-43-18-19-44-17-15-41-22-34(44)24-43)35-12-9-31(35)23-45-16-4-3-7-29-20-33(40)11-8-32(29)25-50-37-13-10-30(21-36(37)45)38(46)42-51(48,49)28(27)2/h8,10-11,13,20-21,27-28,31,34-35,41,47H,3-7,9,12,14-19,22-26H2,1-2H3,(H,42,46)/t27-,28+,31-,34+,35+,39-/m0/s1. The van der Waals surface area contributed by atoms with E-state index in [4.69, 9.17) is 16.3 Å². The van der Waals surface area contributed by atoms with Crippen LogP contribution in [0.5, 0.6) is 5.75 Å². The molecule has 2 aromatic carbocycles. The minimum Gasteiger partial charge on any atom is -0.487 e. The quantitative estimate of drug-likeness (QED) is 0.404. The average molecular weight is 742 g/mol. The van der Waals surface area contributed by atoms with Crippen LogP contribution in [0.2, 0.25) is 5.02 Å². The molecule has 3 N–H and O–H groups in total. The van der Waals surface area contributed by atoms with Crippen molar-refractivity contribution in [2.75, 3.05) is 63.8 Å². The average Bonchev–Trinajstić information content (AvgIpc) is 3.12. The number of β-amino-alcohol motifs (C(OH)–C–C–N with tert-alkyl or cyclic N) is 1. The molecule has 1 aliphatic carbocycles. The molecule has 12 heteroatoms. The molecule has 10 nitrogen and oxygen atoms in total. The zero-order valence-electron chi connectivity index (χ0n) is 30.3. The Kier molecular flexibility index (Phi) is 11.2. The number of sulfonamides is 1. The van der Waals surface area contributed by atoms with Crippen LogP contribution < -0.4 is 19.7 Å². The second kappa shape index (κ2) is 15.5. The Morgan fingerprint density at radius 1 is 0.980 bits per heavy atom. The lowest BCUT2D eigenvalue weighted by atomic mass is 9.62. The summed E-state index contributed by atoms with van der Waals surface area (Å²) in [5.41, 5.74) is 2.47. The van der Waals surface area contributed by atoms with Gasteiger partial charge >= 0.3 is 0 Å². The van der Waals surface area contributed by atoms with Gasteiger partial charge in [-0.15, -0.1) is 0 Å². The molecule has 0 unspecified atom stereocenters. The van der Waals surface area contributed by atoms with Gasteiger partial charge in [0, 0.05) is 75.5 Å². The van der Waals surface area contributed by atoms with Crippen LogP contribution >= 0.6 is 11.6 Å². The number of nitrogens with zero attached hydrogens (tertiary/aromatic N) is 3. The summed E-state index contributed by atoms with van der Waals surface area (Å²) in [5.74, 6) is 0.261. The van der Waals surface area contributed by atoms with E-state index >= 15 is 0 Å². The third-order valence-corrected chi connectivity index (χ3v) is 14.9. The first-order valence-electron chi connectivity index (χ1n) is 19.2. The predicted octanol–water partition coefficient (Wildman–Crippen LogP) is 4.68. The van der Waals surface area contributed by atoms with Crippen LogP contribution in [0, 0.1) is 17.8 Å². The van der Waals surface area contributed by atoms with Crippen molar-refractivity contribution >= 4 is 33.2 Å². The van der Waals surface area contributed by atoms with Crippen LogP contribution in [0.4, 0.5) is 5.69 Å². The van der Waals surface area contributed by atoms with Crippen molar-refractivity contribution in [2.24, 2.45) is 17.8 Å². The molecule has 280 valence electrons. The second-order valence-corrected chi connectivity index (χ2v) is 18.5. The highest BCUT2D eigenvalue weighted by atomic mass is 35.5. The number of hydrogen-bond donors (Lipinski definition) is 3. The number of carbonyl (C=O) groups excluding carboxylic acids is 1. The number of carbonyl (C=O) groups is 1. The lowest BCUT2D eigenvalue weighted by Crippen LogP contribution is -2.64. The molecule has 0 aromatic heterocycles. The van der Waals surface area contributed by atoms with Crippen LogP contribution in [-0.4, -0.2) is 105 Å². The molecule has 7 rings (SSSR count). The van der Waals surface area contributed by atoms with Crippen molar-refractivity contribution in [3.05, 3.63) is 58.1 Å². The van der Waals surface area contributed by atoms with E-state index in [2.05, 4.69) is 24.7 Å². The van der Waals surface area contributed by atoms with Crippen LogP contribution in [0.15, 0.2) is 36.4 Å². The van der Waals surface area contributed by atoms with Crippen molar-refractivity contribution in [3.63, 3.8) is 0 Å². The van der Waals surface area contributed by atoms with Gasteiger partial charge in [-0.3, -0.25) is 14.6 Å². The van der Waals surface area contributed by atoms with Gasteiger partial charge in [0.25, 0.3) is 5.91 Å². The van der Waals surface area contributed by atoms with Crippen molar-refractivity contribution in [1.82, 2.24) is 19.8 Å². The van der Waals surface area contributed by atoms with Crippen molar-refractivity contribution in [3.8, 4) is 5.75 Å². The van der Waals surface area contributed by atoms with E-state index in [1.165, 1.54) is 5.56 Å². The molecule has 1 saturated carbocycles. The summed E-state index contributed by atoms with van der Waals surface area (Å²) in [6.45, 7) is 12.1. The summed E-state index contributed by atoms with van der Waals surface area (Å²) in [5, 5.41) is 16.3. The Morgan fingerprint density at radius 3 is 2.67 bits per heavy atom. The summed E-state index contributed by atoms with van der Waals surface area (Å²) in [7, 11) is -3.94. The molecule has 2 aromatic rings. The second-order valence-electron chi connectivity index (χ2n) is 16.0. The molecule has 2 saturated heterocycles. The van der Waals surface area contributed by atoms with E-state index < -0.39 is 26.8 Å². The Morgan fingerprint density at radius 2 is 1.84 bits per heavy atom. The zero-order chi connectivity index (χ0) is 35.8. The van der Waals surface area contributed by atoms with Crippen LogP contribution in [0.1, 0.15) is 80.3 Å². The number of benzene rings is 2. The molecule has 4 heterocycles. The van der Waals surface area contributed by atoms with E-state index in [1.54, 1.807) is 25.1 Å². The summed E-state index contributed by atoms with van der Waals surface area (Å²) >= 11 is 6.39. The Balaban J connectivity index is 1.22. The molecule has 1 amide bonds. The fraction of sp³-hybridized carbons (Fsp3) is 0.667. The minimum atomic E-state index is -3.94. The number of rotatable bonds is 2. The number of halogens is 1. The number of piperazine rings is 2. The van der Waals surface area contributed by atoms with E-state index in [0.717, 1.165) is 102 Å². The number of anilines is 1. The Labute approximate surface area is 309 Å². The van der Waals surface area contributed by atoms with Gasteiger partial charge in [0.2, 0.25) is 10.0 Å². The maximum atomic E-state index is 13.6. The topological polar surface area (TPSA) is 114 Å². The van der Waals surface area contributed by atoms with Crippen molar-refractivity contribution in [2.45, 2.75) is 88.7 Å². The molecule has 4 aliphatic heterocycles. The molecular weight excluding hydrogens is 686 g/mol. The lowest BCUT2D eigenvalue weighted by Gasteiger charge is -2.52. The monoisotopic (exact) mass is 741 g/mol. The maximum Gasteiger partial charge on any atom is 0.264 e. The third kappa shape index (κ3) is 8.24. The van der Waals surface area contributed by atoms with Gasteiger partial charge in [-0.1, -0.05) is 31.0 Å². The first-order chi connectivity index (χ1) is 24.5. The SMILES string of the molecule is C[C@@H]1[C@@H](C)CCC[C@](O)(CN2CCN3CCNC[C@@H]3C2)[C@@H]2CC[C@H]2CN2CCCCc3cc(Cl)ccc3COc3ccc(cc32)C(=O)NS1(=O)=O. The number of aliphatic hydroxyl groups is 1.